The molecule has 1 aliphatic rings. The molecular weight excluding hydrogens is 178 g/mol. The SMILES string of the molecule is CC(=O)O.Cl.NC1CCCCC1. The fourth-order valence-electron chi connectivity index (χ4n) is 1.13. The van der Waals surface area contributed by atoms with Crippen LogP contribution in [-0.4, -0.2) is 17.1 Å². The van der Waals surface area contributed by atoms with E-state index in [9.17, 15) is 0 Å². The Balaban J connectivity index is 0. The average Bonchev–Trinajstić information content (AvgIpc) is 1.87. The quantitative estimate of drug-likeness (QED) is 0.620. The van der Waals surface area contributed by atoms with Crippen LogP contribution >= 0.6 is 12.4 Å². The van der Waals surface area contributed by atoms with E-state index in [1.807, 2.05) is 0 Å². The van der Waals surface area contributed by atoms with Gasteiger partial charge in [-0.2, -0.15) is 0 Å². The van der Waals surface area contributed by atoms with Crippen molar-refractivity contribution in [1.82, 2.24) is 0 Å². The van der Waals surface area contributed by atoms with Crippen LogP contribution in [0.1, 0.15) is 39.0 Å². The maximum absolute atomic E-state index is 9.00. The molecule has 0 aromatic heterocycles. The first kappa shape index (κ1) is 14.3. The summed E-state index contributed by atoms with van der Waals surface area (Å²) in [6.07, 6.45) is 6.66. The molecule has 0 saturated heterocycles. The lowest BCUT2D eigenvalue weighted by Crippen LogP contribution is -2.22. The highest BCUT2D eigenvalue weighted by Crippen LogP contribution is 2.14. The van der Waals surface area contributed by atoms with Gasteiger partial charge < -0.3 is 10.8 Å². The lowest BCUT2D eigenvalue weighted by molar-refractivity contribution is -0.134. The molecule has 74 valence electrons. The second-order valence-corrected chi connectivity index (χ2v) is 2.92. The van der Waals surface area contributed by atoms with Crippen molar-refractivity contribution >= 4 is 18.4 Å². The van der Waals surface area contributed by atoms with Gasteiger partial charge in [-0.3, -0.25) is 4.79 Å². The number of carboxylic acid groups (broad SMARTS) is 1. The highest BCUT2D eigenvalue weighted by molar-refractivity contribution is 5.85. The summed E-state index contributed by atoms with van der Waals surface area (Å²) in [4.78, 5) is 9.00. The molecule has 1 fully saturated rings. The first-order valence-corrected chi connectivity index (χ1v) is 4.08. The van der Waals surface area contributed by atoms with Gasteiger partial charge >= 0.3 is 0 Å². The Kier molecular flexibility index (Phi) is 10.5. The van der Waals surface area contributed by atoms with Crippen LogP contribution in [0, 0.1) is 0 Å². The van der Waals surface area contributed by atoms with Gasteiger partial charge in [-0.15, -0.1) is 12.4 Å². The minimum atomic E-state index is -0.833. The first-order valence-electron chi connectivity index (χ1n) is 4.08. The molecule has 0 aromatic carbocycles. The number of halogens is 1. The zero-order chi connectivity index (χ0) is 8.69. The van der Waals surface area contributed by atoms with Crippen molar-refractivity contribution < 1.29 is 9.90 Å². The molecule has 0 bridgehead atoms. The molecular formula is C8H18ClNO2. The van der Waals surface area contributed by atoms with Gasteiger partial charge in [0.05, 0.1) is 0 Å². The van der Waals surface area contributed by atoms with Gasteiger partial charge in [0.15, 0.2) is 0 Å². The van der Waals surface area contributed by atoms with Gasteiger partial charge in [0.2, 0.25) is 0 Å². The molecule has 1 saturated carbocycles. The average molecular weight is 196 g/mol. The fraction of sp³-hybridized carbons (Fsp3) is 0.875. The van der Waals surface area contributed by atoms with E-state index >= 15 is 0 Å². The van der Waals surface area contributed by atoms with E-state index < -0.39 is 5.97 Å². The molecule has 3 nitrogen and oxygen atoms in total. The maximum Gasteiger partial charge on any atom is 0.300 e. The van der Waals surface area contributed by atoms with Gasteiger partial charge in [-0.05, 0) is 12.8 Å². The van der Waals surface area contributed by atoms with Crippen molar-refractivity contribution in [2.75, 3.05) is 0 Å². The topological polar surface area (TPSA) is 63.3 Å². The van der Waals surface area contributed by atoms with Gasteiger partial charge in [-0.1, -0.05) is 19.3 Å². The molecule has 0 atom stereocenters. The lowest BCUT2D eigenvalue weighted by atomic mass is 9.97. The monoisotopic (exact) mass is 195 g/mol. The van der Waals surface area contributed by atoms with Crippen LogP contribution in [-0.2, 0) is 4.79 Å². The molecule has 12 heavy (non-hydrogen) atoms. The van der Waals surface area contributed by atoms with Crippen LogP contribution in [0.2, 0.25) is 0 Å². The van der Waals surface area contributed by atoms with E-state index in [1.54, 1.807) is 0 Å². The highest BCUT2D eigenvalue weighted by atomic mass is 35.5. The molecule has 0 spiro atoms. The van der Waals surface area contributed by atoms with Gasteiger partial charge in [0, 0.05) is 13.0 Å². The summed E-state index contributed by atoms with van der Waals surface area (Å²) in [7, 11) is 0. The van der Waals surface area contributed by atoms with Crippen LogP contribution in [0.4, 0.5) is 0 Å². The van der Waals surface area contributed by atoms with Crippen LogP contribution in [0.25, 0.3) is 0 Å². The number of aliphatic carboxylic acids is 1. The molecule has 0 heterocycles. The number of hydrogen-bond acceptors (Lipinski definition) is 2. The van der Waals surface area contributed by atoms with Crippen molar-refractivity contribution in [1.29, 1.82) is 0 Å². The van der Waals surface area contributed by atoms with E-state index in [1.165, 1.54) is 32.1 Å². The third-order valence-electron chi connectivity index (χ3n) is 1.65. The number of nitrogens with two attached hydrogens (primary N) is 1. The maximum atomic E-state index is 9.00. The summed E-state index contributed by atoms with van der Waals surface area (Å²) < 4.78 is 0. The predicted molar refractivity (Wildman–Crippen MR) is 51.6 cm³/mol. The van der Waals surface area contributed by atoms with Crippen molar-refractivity contribution in [2.24, 2.45) is 5.73 Å². The van der Waals surface area contributed by atoms with E-state index in [4.69, 9.17) is 15.6 Å². The highest BCUT2D eigenvalue weighted by Gasteiger charge is 2.06. The molecule has 0 amide bonds. The second-order valence-electron chi connectivity index (χ2n) is 2.92. The van der Waals surface area contributed by atoms with Crippen LogP contribution in [0.3, 0.4) is 0 Å². The molecule has 0 unspecified atom stereocenters. The number of hydrogen-bond donors (Lipinski definition) is 2. The molecule has 1 rings (SSSR count). The molecule has 0 radical (unpaired) electrons. The summed E-state index contributed by atoms with van der Waals surface area (Å²) in [5.41, 5.74) is 5.63. The Bertz CT molecular complexity index is 110. The Morgan fingerprint density at radius 3 is 1.83 bits per heavy atom. The minimum absolute atomic E-state index is 0. The smallest absolute Gasteiger partial charge is 0.300 e. The van der Waals surface area contributed by atoms with Gasteiger partial charge in [-0.25, -0.2) is 0 Å². The van der Waals surface area contributed by atoms with Gasteiger partial charge in [0.1, 0.15) is 0 Å². The number of carbonyl (C=O) groups is 1. The zero-order valence-corrected chi connectivity index (χ0v) is 8.27. The molecule has 3 N–H and O–H groups in total. The van der Waals surface area contributed by atoms with Gasteiger partial charge in [0.25, 0.3) is 5.97 Å². The third kappa shape index (κ3) is 12.4. The predicted octanol–water partition coefficient (Wildman–Crippen LogP) is 1.79. The minimum Gasteiger partial charge on any atom is -0.481 e. The molecule has 1 aliphatic carbocycles. The Morgan fingerprint density at radius 1 is 1.33 bits per heavy atom. The molecule has 0 aliphatic heterocycles. The zero-order valence-electron chi connectivity index (χ0n) is 7.45. The first-order chi connectivity index (χ1) is 5.13. The summed E-state index contributed by atoms with van der Waals surface area (Å²) in [6.45, 7) is 1.08. The molecule has 4 heteroatoms. The Morgan fingerprint density at radius 2 is 1.67 bits per heavy atom. The lowest BCUT2D eigenvalue weighted by Gasteiger charge is -2.15. The standard InChI is InChI=1S/C6H13N.C2H4O2.ClH/c7-6-4-2-1-3-5-6;1-2(3)4;/h6H,1-5,7H2;1H3,(H,3,4);1H. The van der Waals surface area contributed by atoms with Crippen molar-refractivity contribution in [3.05, 3.63) is 0 Å². The van der Waals surface area contributed by atoms with E-state index in [0.717, 1.165) is 6.92 Å². The normalized spacial score (nSPS) is 16.8. The van der Waals surface area contributed by atoms with Crippen LogP contribution in [0.5, 0.6) is 0 Å². The Hall–Kier alpha value is -0.280. The summed E-state index contributed by atoms with van der Waals surface area (Å²) in [6, 6.07) is 0.536. The summed E-state index contributed by atoms with van der Waals surface area (Å²) >= 11 is 0. The molecule has 0 aromatic rings. The van der Waals surface area contributed by atoms with Crippen LogP contribution in [0.15, 0.2) is 0 Å². The summed E-state index contributed by atoms with van der Waals surface area (Å²) in [5, 5.41) is 7.42. The van der Waals surface area contributed by atoms with Crippen molar-refractivity contribution in [3.63, 3.8) is 0 Å². The summed E-state index contributed by atoms with van der Waals surface area (Å²) in [5.74, 6) is -0.833. The van der Waals surface area contributed by atoms with Crippen molar-refractivity contribution in [3.8, 4) is 0 Å². The van der Waals surface area contributed by atoms with Crippen molar-refractivity contribution in [2.45, 2.75) is 45.1 Å². The number of rotatable bonds is 0. The largest absolute Gasteiger partial charge is 0.481 e. The second kappa shape index (κ2) is 8.81. The number of carboxylic acids is 1. The van der Waals surface area contributed by atoms with E-state index in [-0.39, 0.29) is 12.4 Å². The fourth-order valence-corrected chi connectivity index (χ4v) is 1.13. The van der Waals surface area contributed by atoms with Crippen LogP contribution < -0.4 is 5.73 Å². The Labute approximate surface area is 79.7 Å². The van der Waals surface area contributed by atoms with E-state index in [0.29, 0.717) is 6.04 Å². The third-order valence-corrected chi connectivity index (χ3v) is 1.65. The van der Waals surface area contributed by atoms with E-state index in [2.05, 4.69) is 0 Å².